The molecule has 18 nitrogen and oxygen atoms in total. The number of nitrogens with two attached hydrogens (primary N) is 1. The first kappa shape index (κ1) is 49.9. The first-order chi connectivity index (χ1) is 33.0. The number of benzene rings is 4. The summed E-state index contributed by atoms with van der Waals surface area (Å²) in [5.41, 5.74) is 13.9. The van der Waals surface area contributed by atoms with Gasteiger partial charge in [-0.25, -0.2) is 39.9 Å². The topological polar surface area (TPSA) is 256 Å². The van der Waals surface area contributed by atoms with Gasteiger partial charge >= 0.3 is 0 Å². The summed E-state index contributed by atoms with van der Waals surface area (Å²) >= 11 is 0. The highest BCUT2D eigenvalue weighted by atomic mass is 16.3. The van der Waals surface area contributed by atoms with Crippen molar-refractivity contribution in [2.45, 2.75) is 53.9 Å². The van der Waals surface area contributed by atoms with Crippen molar-refractivity contribution in [3.8, 4) is 5.75 Å². The molecule has 0 fully saturated rings. The molecule has 0 saturated heterocycles. The van der Waals surface area contributed by atoms with Gasteiger partial charge in [-0.3, -0.25) is 9.59 Å². The molecule has 0 bridgehead atoms. The number of hydrogen-bond acceptors (Lipinski definition) is 16. The lowest BCUT2D eigenvalue weighted by Gasteiger charge is -2.07. The van der Waals surface area contributed by atoms with E-state index in [9.17, 15) is 14.7 Å². The average Bonchev–Trinajstić information content (AvgIpc) is 3.33. The normalized spacial score (nSPS) is 9.94. The standard InChI is InChI=1S/C14H16N4O.C12H12N4O2.C12H14N4.C12H13N3/c1-10-4-3-5-12(6-10)8-15-13-7-14(17-9-16-13)18-11(2)19;17-8-16-12-5-11(14-7-15-12)13-6-9-2-1-3-10(18)4-9;1-9-3-2-4-10(5-9)7-14-12-6-11(13)15-8-16-12;1-10-3-2-4-11(7-10)8-14-12-5-6-13-9-15-12/h3-7,9H,8H2,1-2H3,(H2,15,16,17,18,19);1-5,7-8,18H,6H2,(H2,13,14,15,16,17);2-6,8H,7H2,1H3,(H3,13,14,15,16);2-7,9H,8H2,1H3,(H,13,14,15). The number of carbonyl (C=O) groups is 2. The number of phenolic OH excluding ortho intramolecular Hbond substituents is 1. The Balaban J connectivity index is 0.000000170. The molecule has 8 aromatic rings. The third kappa shape index (κ3) is 19.4. The summed E-state index contributed by atoms with van der Waals surface area (Å²) in [4.78, 5) is 53.1. The van der Waals surface area contributed by atoms with Crippen LogP contribution >= 0.6 is 0 Å². The number of aryl methyl sites for hydroxylation is 3. The highest BCUT2D eigenvalue weighted by Gasteiger charge is 2.03. The number of anilines is 7. The van der Waals surface area contributed by atoms with Gasteiger partial charge in [0.1, 0.15) is 71.8 Å². The Bertz CT molecular complexity index is 2750. The fourth-order valence-corrected chi connectivity index (χ4v) is 6.06. The van der Waals surface area contributed by atoms with Crippen LogP contribution in [0.1, 0.15) is 45.9 Å². The zero-order valence-electron chi connectivity index (χ0n) is 38.3. The van der Waals surface area contributed by atoms with Gasteiger partial charge in [-0.15, -0.1) is 0 Å². The van der Waals surface area contributed by atoms with Crippen LogP contribution in [0.15, 0.2) is 153 Å². The highest BCUT2D eigenvalue weighted by molar-refractivity contribution is 5.87. The van der Waals surface area contributed by atoms with Crippen LogP contribution in [0.3, 0.4) is 0 Å². The smallest absolute Gasteiger partial charge is 0.222 e. The van der Waals surface area contributed by atoms with E-state index < -0.39 is 0 Å². The SMILES string of the molecule is CC(=O)Nc1cc(NCc2cccc(C)c2)ncn1.Cc1cccc(CNc2cc(N)ncn2)c1.Cc1cccc(CNc2ccncn2)c1.O=CNc1cc(NCc2cccc(O)c2)ncn1. The van der Waals surface area contributed by atoms with Gasteiger partial charge in [0.2, 0.25) is 12.3 Å². The van der Waals surface area contributed by atoms with Crippen molar-refractivity contribution in [3.05, 3.63) is 192 Å². The van der Waals surface area contributed by atoms with E-state index in [0.717, 1.165) is 30.3 Å². The van der Waals surface area contributed by atoms with Crippen LogP contribution in [0.4, 0.5) is 40.7 Å². The molecular formula is C50H55N15O3. The summed E-state index contributed by atoms with van der Waals surface area (Å²) in [7, 11) is 0. The summed E-state index contributed by atoms with van der Waals surface area (Å²) in [6.45, 7) is 10.4. The second-order valence-corrected chi connectivity index (χ2v) is 15.0. The van der Waals surface area contributed by atoms with Gasteiger partial charge in [-0.2, -0.15) is 0 Å². The molecule has 18 heteroatoms. The van der Waals surface area contributed by atoms with Crippen LogP contribution in [-0.4, -0.2) is 57.3 Å². The summed E-state index contributed by atoms with van der Waals surface area (Å²) in [5, 5.41) is 27.1. The molecule has 4 aromatic carbocycles. The molecular weight excluding hydrogens is 859 g/mol. The lowest BCUT2D eigenvalue weighted by Crippen LogP contribution is -2.09. The van der Waals surface area contributed by atoms with Crippen LogP contribution in [0.5, 0.6) is 5.75 Å². The number of nitrogens with zero attached hydrogens (tertiary/aromatic N) is 8. The van der Waals surface area contributed by atoms with Crippen LogP contribution in [-0.2, 0) is 35.8 Å². The van der Waals surface area contributed by atoms with E-state index in [1.54, 1.807) is 48.9 Å². The molecule has 0 radical (unpaired) electrons. The summed E-state index contributed by atoms with van der Waals surface area (Å²) in [6, 6.07) is 38.8. The number of hydrogen-bond donors (Lipinski definition) is 8. The predicted octanol–water partition coefficient (Wildman–Crippen LogP) is 8.09. The zero-order valence-corrected chi connectivity index (χ0v) is 38.3. The lowest BCUT2D eigenvalue weighted by molar-refractivity contribution is -0.114. The monoisotopic (exact) mass is 913 g/mol. The van der Waals surface area contributed by atoms with Crippen molar-refractivity contribution in [2.24, 2.45) is 0 Å². The first-order valence-electron chi connectivity index (χ1n) is 21.3. The van der Waals surface area contributed by atoms with Gasteiger partial charge in [-0.1, -0.05) is 102 Å². The van der Waals surface area contributed by atoms with Crippen LogP contribution < -0.4 is 37.6 Å². The minimum atomic E-state index is -0.150. The number of amides is 2. The molecule has 0 unspecified atom stereocenters. The number of aromatic nitrogens is 8. The summed E-state index contributed by atoms with van der Waals surface area (Å²) in [5.74, 6) is 4.34. The zero-order chi connectivity index (χ0) is 48.4. The van der Waals surface area contributed by atoms with Gasteiger partial charge in [0.15, 0.2) is 0 Å². The van der Waals surface area contributed by atoms with Gasteiger partial charge in [0.25, 0.3) is 0 Å². The molecule has 0 spiro atoms. The van der Waals surface area contributed by atoms with E-state index in [1.165, 1.54) is 59.3 Å². The third-order valence-corrected chi connectivity index (χ3v) is 9.17. The highest BCUT2D eigenvalue weighted by Crippen LogP contribution is 2.15. The quantitative estimate of drug-likeness (QED) is 0.0452. The molecule has 0 aliphatic rings. The minimum Gasteiger partial charge on any atom is -0.508 e. The van der Waals surface area contributed by atoms with E-state index in [-0.39, 0.29) is 11.7 Å². The fourth-order valence-electron chi connectivity index (χ4n) is 6.06. The molecule has 0 atom stereocenters. The van der Waals surface area contributed by atoms with E-state index in [2.05, 4.69) is 153 Å². The van der Waals surface area contributed by atoms with Crippen molar-refractivity contribution in [1.82, 2.24) is 39.9 Å². The second kappa shape index (κ2) is 27.3. The first-order valence-corrected chi connectivity index (χ1v) is 21.3. The Morgan fingerprint density at radius 2 is 0.941 bits per heavy atom. The van der Waals surface area contributed by atoms with Crippen LogP contribution in [0.2, 0.25) is 0 Å². The minimum absolute atomic E-state index is 0.150. The Morgan fingerprint density at radius 3 is 1.40 bits per heavy atom. The fraction of sp³-hybridized carbons (Fsp3) is 0.160. The maximum Gasteiger partial charge on any atom is 0.222 e. The molecule has 0 saturated carbocycles. The predicted molar refractivity (Wildman–Crippen MR) is 267 cm³/mol. The molecule has 68 heavy (non-hydrogen) atoms. The van der Waals surface area contributed by atoms with Crippen LogP contribution in [0, 0.1) is 20.8 Å². The maximum atomic E-state index is 10.9. The molecule has 9 N–H and O–H groups in total. The van der Waals surface area contributed by atoms with Crippen molar-refractivity contribution in [1.29, 1.82) is 0 Å². The molecule has 8 rings (SSSR count). The molecule has 0 aliphatic carbocycles. The van der Waals surface area contributed by atoms with Crippen molar-refractivity contribution < 1.29 is 14.7 Å². The number of aromatic hydroxyl groups is 1. The van der Waals surface area contributed by atoms with Crippen molar-refractivity contribution >= 4 is 53.0 Å². The number of rotatable bonds is 15. The lowest BCUT2D eigenvalue weighted by atomic mass is 10.1. The second-order valence-electron chi connectivity index (χ2n) is 15.0. The molecule has 4 heterocycles. The largest absolute Gasteiger partial charge is 0.508 e. The van der Waals surface area contributed by atoms with Gasteiger partial charge < -0.3 is 42.7 Å². The summed E-state index contributed by atoms with van der Waals surface area (Å²) in [6.07, 6.45) is 8.06. The molecule has 348 valence electrons. The number of nitrogen functional groups attached to an aromatic ring is 1. The Morgan fingerprint density at radius 1 is 0.515 bits per heavy atom. The van der Waals surface area contributed by atoms with Gasteiger partial charge in [0, 0.05) is 57.5 Å². The number of phenols is 1. The Kier molecular flexibility index (Phi) is 20.1. The average molecular weight is 914 g/mol. The van der Waals surface area contributed by atoms with Crippen LogP contribution in [0.25, 0.3) is 0 Å². The number of carbonyl (C=O) groups excluding carboxylic acids is 2. The van der Waals surface area contributed by atoms with Crippen molar-refractivity contribution in [3.63, 3.8) is 0 Å². The Labute approximate surface area is 395 Å². The van der Waals surface area contributed by atoms with Gasteiger partial charge in [0.05, 0.1) is 0 Å². The van der Waals surface area contributed by atoms with E-state index in [0.29, 0.717) is 48.6 Å². The van der Waals surface area contributed by atoms with Crippen molar-refractivity contribution in [2.75, 3.05) is 37.6 Å². The van der Waals surface area contributed by atoms with E-state index in [1.807, 2.05) is 24.3 Å². The van der Waals surface area contributed by atoms with E-state index in [4.69, 9.17) is 5.73 Å². The molecule has 0 aliphatic heterocycles. The maximum absolute atomic E-state index is 10.9. The summed E-state index contributed by atoms with van der Waals surface area (Å²) < 4.78 is 0. The number of nitrogens with one attached hydrogen (secondary N) is 6. The third-order valence-electron chi connectivity index (χ3n) is 9.17. The molecule has 4 aromatic heterocycles. The Hall–Kier alpha value is -9.06. The van der Waals surface area contributed by atoms with E-state index >= 15 is 0 Å². The van der Waals surface area contributed by atoms with Gasteiger partial charge in [-0.05, 0) is 61.2 Å². The molecule has 2 amide bonds.